The second-order valence-electron chi connectivity index (χ2n) is 8.30. The van der Waals surface area contributed by atoms with E-state index >= 15 is 0 Å². The molecule has 0 radical (unpaired) electrons. The fraction of sp³-hybridized carbons (Fsp3) is 0.250. The Bertz CT molecular complexity index is 1110. The molecule has 32 heavy (non-hydrogen) atoms. The monoisotopic (exact) mass is 434 g/mol. The first-order valence-electron chi connectivity index (χ1n) is 10.1. The average Bonchev–Trinajstić information content (AvgIpc) is 3.17. The van der Waals surface area contributed by atoms with Gasteiger partial charge in [0.15, 0.2) is 6.61 Å². The van der Waals surface area contributed by atoms with Crippen LogP contribution in [0.5, 0.6) is 0 Å². The molecule has 0 saturated carbocycles. The number of anilines is 2. The Morgan fingerprint density at radius 1 is 0.969 bits per heavy atom. The van der Waals surface area contributed by atoms with Crippen LogP contribution in [0.4, 0.5) is 11.5 Å². The van der Waals surface area contributed by atoms with Crippen LogP contribution in [0.2, 0.25) is 0 Å². The third-order valence-electron chi connectivity index (χ3n) is 4.52. The first-order valence-corrected chi connectivity index (χ1v) is 10.1. The van der Waals surface area contributed by atoms with Crippen LogP contribution in [0.1, 0.15) is 43.7 Å². The number of hydrogen-bond donors (Lipinski definition) is 2. The molecule has 0 bridgehead atoms. The Morgan fingerprint density at radius 2 is 1.62 bits per heavy atom. The first-order chi connectivity index (χ1) is 15.1. The molecular weight excluding hydrogens is 408 g/mol. The van der Waals surface area contributed by atoms with Gasteiger partial charge in [-0.3, -0.25) is 9.59 Å². The average molecular weight is 434 g/mol. The van der Waals surface area contributed by atoms with Gasteiger partial charge in [-0.15, -0.1) is 0 Å². The van der Waals surface area contributed by atoms with Crippen LogP contribution < -0.4 is 10.6 Å². The zero-order chi connectivity index (χ0) is 23.3. The van der Waals surface area contributed by atoms with Crippen molar-refractivity contribution in [2.24, 2.45) is 0 Å². The number of carbonyl (C=O) groups is 3. The van der Waals surface area contributed by atoms with Gasteiger partial charge >= 0.3 is 5.97 Å². The second kappa shape index (κ2) is 9.47. The quantitative estimate of drug-likeness (QED) is 0.573. The van der Waals surface area contributed by atoms with Gasteiger partial charge in [-0.25, -0.2) is 9.48 Å². The number of amides is 2. The van der Waals surface area contributed by atoms with Crippen molar-refractivity contribution in [2.75, 3.05) is 17.2 Å². The van der Waals surface area contributed by atoms with E-state index in [9.17, 15) is 14.4 Å². The highest BCUT2D eigenvalue weighted by molar-refractivity contribution is 5.96. The Morgan fingerprint density at radius 3 is 2.22 bits per heavy atom. The van der Waals surface area contributed by atoms with Gasteiger partial charge < -0.3 is 15.4 Å². The summed E-state index contributed by atoms with van der Waals surface area (Å²) in [6.07, 6.45) is 0. The lowest BCUT2D eigenvalue weighted by Gasteiger charge is -2.14. The standard InChI is InChI=1S/C24H26N4O4/c1-16(29)25-18-12-10-17(11-13-18)23(31)32-15-22(30)26-21-14-20(24(2,3)4)27-28(21)19-8-6-5-7-9-19/h5-14H,15H2,1-4H3,(H,25,29)(H,26,30). The largest absolute Gasteiger partial charge is 0.452 e. The summed E-state index contributed by atoms with van der Waals surface area (Å²) >= 11 is 0. The fourth-order valence-electron chi connectivity index (χ4n) is 2.89. The SMILES string of the molecule is CC(=O)Nc1ccc(C(=O)OCC(=O)Nc2cc(C(C)(C)C)nn2-c2ccccc2)cc1. The summed E-state index contributed by atoms with van der Waals surface area (Å²) in [6, 6.07) is 17.5. The molecule has 0 aliphatic rings. The lowest BCUT2D eigenvalue weighted by Crippen LogP contribution is -2.22. The van der Waals surface area contributed by atoms with E-state index in [1.165, 1.54) is 19.1 Å². The zero-order valence-corrected chi connectivity index (χ0v) is 18.5. The Hall–Kier alpha value is -3.94. The molecule has 0 unspecified atom stereocenters. The molecule has 0 atom stereocenters. The Balaban J connectivity index is 1.67. The zero-order valence-electron chi connectivity index (χ0n) is 18.5. The molecule has 0 aliphatic carbocycles. The summed E-state index contributed by atoms with van der Waals surface area (Å²) in [5.41, 5.74) is 2.24. The van der Waals surface area contributed by atoms with Crippen LogP contribution in [0.15, 0.2) is 60.7 Å². The highest BCUT2D eigenvalue weighted by atomic mass is 16.5. The van der Waals surface area contributed by atoms with Crippen molar-refractivity contribution in [1.29, 1.82) is 0 Å². The molecule has 1 aromatic heterocycles. The van der Waals surface area contributed by atoms with Crippen molar-refractivity contribution in [3.8, 4) is 5.69 Å². The molecule has 2 aromatic carbocycles. The number of hydrogen-bond acceptors (Lipinski definition) is 5. The number of aromatic nitrogens is 2. The van der Waals surface area contributed by atoms with E-state index in [-0.39, 0.29) is 16.9 Å². The Kier molecular flexibility index (Phi) is 6.73. The predicted molar refractivity (Wildman–Crippen MR) is 122 cm³/mol. The highest BCUT2D eigenvalue weighted by Crippen LogP contribution is 2.26. The van der Waals surface area contributed by atoms with Crippen molar-refractivity contribution >= 4 is 29.3 Å². The van der Waals surface area contributed by atoms with E-state index in [1.807, 2.05) is 57.2 Å². The van der Waals surface area contributed by atoms with Gasteiger partial charge in [0.25, 0.3) is 5.91 Å². The molecule has 0 aliphatic heterocycles. The van der Waals surface area contributed by atoms with Crippen LogP contribution in [-0.4, -0.2) is 34.2 Å². The van der Waals surface area contributed by atoms with Gasteiger partial charge in [-0.1, -0.05) is 39.0 Å². The number of benzene rings is 2. The van der Waals surface area contributed by atoms with Gasteiger partial charge in [0, 0.05) is 24.1 Å². The number of carbonyl (C=O) groups excluding carboxylic acids is 3. The summed E-state index contributed by atoms with van der Waals surface area (Å²) in [5, 5.41) is 10.0. The maximum absolute atomic E-state index is 12.5. The normalized spacial score (nSPS) is 11.0. The third kappa shape index (κ3) is 5.81. The van der Waals surface area contributed by atoms with Crippen molar-refractivity contribution < 1.29 is 19.1 Å². The van der Waals surface area contributed by atoms with Crippen LogP contribution in [0, 0.1) is 0 Å². The number of ether oxygens (including phenoxy) is 1. The smallest absolute Gasteiger partial charge is 0.338 e. The molecule has 1 heterocycles. The topological polar surface area (TPSA) is 102 Å². The number of esters is 1. The summed E-state index contributed by atoms with van der Waals surface area (Å²) in [6.45, 7) is 7.06. The van der Waals surface area contributed by atoms with Gasteiger partial charge in [0.1, 0.15) is 5.82 Å². The van der Waals surface area contributed by atoms with Crippen molar-refractivity contribution in [1.82, 2.24) is 9.78 Å². The maximum atomic E-state index is 12.5. The number of nitrogens with zero attached hydrogens (tertiary/aromatic N) is 2. The Labute approximate surface area is 186 Å². The molecule has 166 valence electrons. The molecule has 8 heteroatoms. The molecule has 2 N–H and O–H groups in total. The van der Waals surface area contributed by atoms with Crippen molar-refractivity contribution in [3.63, 3.8) is 0 Å². The van der Waals surface area contributed by atoms with Crippen molar-refractivity contribution in [2.45, 2.75) is 33.1 Å². The predicted octanol–water partition coefficient (Wildman–Crippen LogP) is 3.92. The van der Waals surface area contributed by atoms with E-state index in [0.717, 1.165) is 11.4 Å². The van der Waals surface area contributed by atoms with Crippen LogP contribution >= 0.6 is 0 Å². The molecule has 0 saturated heterocycles. The van der Waals surface area contributed by atoms with Crippen molar-refractivity contribution in [3.05, 3.63) is 71.9 Å². The number of nitrogens with one attached hydrogen (secondary N) is 2. The summed E-state index contributed by atoms with van der Waals surface area (Å²) in [5.74, 6) is -0.838. The van der Waals surface area contributed by atoms with Gasteiger partial charge in [-0.2, -0.15) is 5.10 Å². The fourth-order valence-corrected chi connectivity index (χ4v) is 2.89. The van der Waals surface area contributed by atoms with E-state index < -0.39 is 18.5 Å². The van der Waals surface area contributed by atoms with E-state index in [4.69, 9.17) is 4.74 Å². The van der Waals surface area contributed by atoms with E-state index in [1.54, 1.807) is 16.8 Å². The lowest BCUT2D eigenvalue weighted by atomic mass is 9.92. The minimum Gasteiger partial charge on any atom is -0.452 e. The van der Waals surface area contributed by atoms with Crippen LogP contribution in [-0.2, 0) is 19.7 Å². The summed E-state index contributed by atoms with van der Waals surface area (Å²) < 4.78 is 6.79. The third-order valence-corrected chi connectivity index (χ3v) is 4.52. The first kappa shape index (κ1) is 22.7. The molecule has 0 fully saturated rings. The molecule has 3 rings (SSSR count). The molecule has 8 nitrogen and oxygen atoms in total. The summed E-state index contributed by atoms with van der Waals surface area (Å²) in [7, 11) is 0. The van der Waals surface area contributed by atoms with Crippen LogP contribution in [0.25, 0.3) is 5.69 Å². The minimum absolute atomic E-state index is 0.207. The van der Waals surface area contributed by atoms with Gasteiger partial charge in [-0.05, 0) is 36.4 Å². The lowest BCUT2D eigenvalue weighted by molar-refractivity contribution is -0.119. The molecule has 2 amide bonds. The molecular formula is C24H26N4O4. The second-order valence-corrected chi connectivity index (χ2v) is 8.30. The minimum atomic E-state index is -0.638. The van der Waals surface area contributed by atoms with Gasteiger partial charge in [0.2, 0.25) is 5.91 Å². The summed E-state index contributed by atoms with van der Waals surface area (Å²) in [4.78, 5) is 35.8. The number of rotatable bonds is 6. The highest BCUT2D eigenvalue weighted by Gasteiger charge is 2.22. The molecule has 3 aromatic rings. The van der Waals surface area contributed by atoms with E-state index in [0.29, 0.717) is 11.5 Å². The molecule has 0 spiro atoms. The number of para-hydroxylation sites is 1. The van der Waals surface area contributed by atoms with E-state index in [2.05, 4.69) is 15.7 Å². The van der Waals surface area contributed by atoms with Crippen LogP contribution in [0.3, 0.4) is 0 Å². The maximum Gasteiger partial charge on any atom is 0.338 e. The van der Waals surface area contributed by atoms with Gasteiger partial charge in [0.05, 0.1) is 16.9 Å².